The zero-order chi connectivity index (χ0) is 12.5. The van der Waals surface area contributed by atoms with Gasteiger partial charge in [0, 0.05) is 10.5 Å². The van der Waals surface area contributed by atoms with Crippen molar-refractivity contribution in [2.45, 2.75) is 43.6 Å². The van der Waals surface area contributed by atoms with Gasteiger partial charge in [-0.25, -0.2) is 0 Å². The molecule has 1 atom stereocenters. The molecule has 0 amide bonds. The van der Waals surface area contributed by atoms with E-state index in [-0.39, 0.29) is 0 Å². The average molecular weight is 248 g/mol. The maximum Gasteiger partial charge on any atom is 0.115 e. The summed E-state index contributed by atoms with van der Waals surface area (Å²) >= 11 is 1.72. The van der Waals surface area contributed by atoms with Gasteiger partial charge >= 0.3 is 0 Å². The Morgan fingerprint density at radius 2 is 1.94 bits per heavy atom. The molecule has 1 unspecified atom stereocenters. The van der Waals surface area contributed by atoms with Gasteiger partial charge in [-0.15, -0.1) is 11.8 Å². The lowest BCUT2D eigenvalue weighted by Crippen LogP contribution is -2.02. The van der Waals surface area contributed by atoms with E-state index in [1.165, 1.54) is 17.7 Å². The molecule has 1 aromatic carbocycles. The summed E-state index contributed by atoms with van der Waals surface area (Å²) in [5, 5.41) is 9.66. The molecule has 0 aromatic heterocycles. The molecule has 1 aromatic rings. The Morgan fingerprint density at radius 1 is 1.24 bits per heavy atom. The fourth-order valence-corrected chi connectivity index (χ4v) is 1.91. The van der Waals surface area contributed by atoms with E-state index in [9.17, 15) is 5.11 Å². The van der Waals surface area contributed by atoms with Gasteiger partial charge < -0.3 is 5.11 Å². The molecule has 0 saturated heterocycles. The molecule has 92 valence electrons. The molecule has 0 aliphatic carbocycles. The predicted molar refractivity (Wildman–Crippen MR) is 75.2 cm³/mol. The van der Waals surface area contributed by atoms with Crippen molar-refractivity contribution in [1.29, 1.82) is 0 Å². The Labute approximate surface area is 109 Å². The molecule has 0 spiro atoms. The molecule has 0 aliphatic rings. The maximum atomic E-state index is 9.66. The van der Waals surface area contributed by atoms with Crippen molar-refractivity contribution in [1.82, 2.24) is 0 Å². The number of aliphatic hydroxyl groups excluding tert-OH is 1. The Morgan fingerprint density at radius 3 is 2.53 bits per heavy atom. The van der Waals surface area contributed by atoms with Crippen LogP contribution in [0, 0.1) is 11.8 Å². The number of unbranched alkanes of at least 4 members (excludes halogenated alkanes) is 2. The monoisotopic (exact) mass is 248 g/mol. The van der Waals surface area contributed by atoms with Crippen molar-refractivity contribution in [3.63, 3.8) is 0 Å². The molecule has 0 fully saturated rings. The molecule has 1 N–H and O–H groups in total. The van der Waals surface area contributed by atoms with Crippen molar-refractivity contribution in [2.24, 2.45) is 0 Å². The lowest BCUT2D eigenvalue weighted by Gasteiger charge is -2.01. The zero-order valence-electron chi connectivity index (χ0n) is 10.6. The number of benzene rings is 1. The van der Waals surface area contributed by atoms with Crippen LogP contribution in [0.25, 0.3) is 0 Å². The van der Waals surface area contributed by atoms with E-state index < -0.39 is 6.10 Å². The van der Waals surface area contributed by atoms with Crippen molar-refractivity contribution in [2.75, 3.05) is 6.26 Å². The van der Waals surface area contributed by atoms with Crippen LogP contribution in [-0.2, 0) is 0 Å². The molecule has 2 heteroatoms. The van der Waals surface area contributed by atoms with E-state index >= 15 is 0 Å². The zero-order valence-corrected chi connectivity index (χ0v) is 11.4. The molecular weight excluding hydrogens is 228 g/mol. The summed E-state index contributed by atoms with van der Waals surface area (Å²) in [7, 11) is 0. The summed E-state index contributed by atoms with van der Waals surface area (Å²) in [5.74, 6) is 5.91. The normalized spacial score (nSPS) is 11.7. The Hall–Kier alpha value is -0.910. The quantitative estimate of drug-likeness (QED) is 0.487. The fraction of sp³-hybridized carbons (Fsp3) is 0.467. The molecule has 1 rings (SSSR count). The Balaban J connectivity index is 2.46. The van der Waals surface area contributed by atoms with E-state index in [0.29, 0.717) is 0 Å². The van der Waals surface area contributed by atoms with E-state index in [4.69, 9.17) is 0 Å². The molecule has 0 aliphatic heterocycles. The summed E-state index contributed by atoms with van der Waals surface area (Å²) in [6.45, 7) is 2.16. The van der Waals surface area contributed by atoms with Gasteiger partial charge in [-0.3, -0.25) is 0 Å². The second-order valence-electron chi connectivity index (χ2n) is 4.01. The first-order valence-corrected chi connectivity index (χ1v) is 7.32. The van der Waals surface area contributed by atoms with Gasteiger partial charge in [-0.05, 0) is 43.4 Å². The van der Waals surface area contributed by atoms with Gasteiger partial charge in [0.25, 0.3) is 0 Å². The molecular formula is C15H20OS. The van der Waals surface area contributed by atoms with Crippen LogP contribution < -0.4 is 0 Å². The minimum Gasteiger partial charge on any atom is -0.380 e. The Bertz CT molecular complexity index is 372. The highest BCUT2D eigenvalue weighted by Crippen LogP contribution is 2.14. The summed E-state index contributed by atoms with van der Waals surface area (Å²) in [5.41, 5.74) is 0.970. The third-order valence-corrected chi connectivity index (χ3v) is 3.30. The molecule has 0 bridgehead atoms. The van der Waals surface area contributed by atoms with Crippen LogP contribution >= 0.6 is 11.8 Å². The predicted octanol–water partition coefficient (Wildman–Crippen LogP) is 3.70. The number of rotatable bonds is 5. The lowest BCUT2D eigenvalue weighted by molar-refractivity contribution is 0.217. The number of aliphatic hydroxyl groups is 1. The minimum atomic E-state index is -0.484. The topological polar surface area (TPSA) is 20.2 Å². The maximum absolute atomic E-state index is 9.66. The van der Waals surface area contributed by atoms with E-state index in [1.807, 2.05) is 12.1 Å². The van der Waals surface area contributed by atoms with Gasteiger partial charge in [-0.2, -0.15) is 0 Å². The van der Waals surface area contributed by atoms with Gasteiger partial charge in [-0.1, -0.05) is 31.6 Å². The molecule has 0 heterocycles. The molecule has 17 heavy (non-hydrogen) atoms. The largest absolute Gasteiger partial charge is 0.380 e. The second-order valence-corrected chi connectivity index (χ2v) is 4.89. The van der Waals surface area contributed by atoms with Crippen LogP contribution in [0.5, 0.6) is 0 Å². The van der Waals surface area contributed by atoms with E-state index in [2.05, 4.69) is 37.2 Å². The van der Waals surface area contributed by atoms with Crippen molar-refractivity contribution < 1.29 is 5.11 Å². The fourth-order valence-electron chi connectivity index (χ4n) is 1.50. The summed E-state index contributed by atoms with van der Waals surface area (Å²) in [6.07, 6.45) is 5.75. The highest BCUT2D eigenvalue weighted by molar-refractivity contribution is 7.98. The Kier molecular flexibility index (Phi) is 6.84. The van der Waals surface area contributed by atoms with Crippen molar-refractivity contribution in [3.05, 3.63) is 29.8 Å². The van der Waals surface area contributed by atoms with Crippen LogP contribution in [0.3, 0.4) is 0 Å². The third-order valence-electron chi connectivity index (χ3n) is 2.55. The SMILES string of the molecule is CCCCCC(O)C#Cc1ccc(SC)cc1. The van der Waals surface area contributed by atoms with Gasteiger partial charge in [0.05, 0.1) is 0 Å². The van der Waals surface area contributed by atoms with E-state index in [0.717, 1.165) is 18.4 Å². The first kappa shape index (κ1) is 14.2. The van der Waals surface area contributed by atoms with Crippen LogP contribution in [0.1, 0.15) is 38.2 Å². The minimum absolute atomic E-state index is 0.484. The summed E-state index contributed by atoms with van der Waals surface area (Å²) in [4.78, 5) is 1.24. The van der Waals surface area contributed by atoms with Gasteiger partial charge in [0.2, 0.25) is 0 Å². The second kappa shape index (κ2) is 8.22. The summed E-state index contributed by atoms with van der Waals surface area (Å²) in [6, 6.07) is 8.10. The van der Waals surface area contributed by atoms with Crippen LogP contribution in [-0.4, -0.2) is 17.5 Å². The van der Waals surface area contributed by atoms with Crippen LogP contribution in [0.4, 0.5) is 0 Å². The average Bonchev–Trinajstić information content (AvgIpc) is 2.37. The summed E-state index contributed by atoms with van der Waals surface area (Å²) < 4.78 is 0. The standard InChI is InChI=1S/C15H20OS/c1-3-4-5-6-14(16)10-7-13-8-11-15(17-2)12-9-13/h8-9,11-12,14,16H,3-6H2,1-2H3. The van der Waals surface area contributed by atoms with E-state index in [1.54, 1.807) is 11.8 Å². The van der Waals surface area contributed by atoms with Gasteiger partial charge in [0.1, 0.15) is 6.10 Å². The van der Waals surface area contributed by atoms with Crippen molar-refractivity contribution >= 4 is 11.8 Å². The number of thioether (sulfide) groups is 1. The third kappa shape index (κ3) is 5.81. The molecule has 0 saturated carbocycles. The first-order chi connectivity index (χ1) is 8.26. The number of hydrogen-bond acceptors (Lipinski definition) is 2. The lowest BCUT2D eigenvalue weighted by atomic mass is 10.1. The highest BCUT2D eigenvalue weighted by atomic mass is 32.2. The van der Waals surface area contributed by atoms with Gasteiger partial charge in [0.15, 0.2) is 0 Å². The molecule has 1 nitrogen and oxygen atoms in total. The van der Waals surface area contributed by atoms with Crippen molar-refractivity contribution in [3.8, 4) is 11.8 Å². The number of hydrogen-bond donors (Lipinski definition) is 1. The molecule has 0 radical (unpaired) electrons. The first-order valence-electron chi connectivity index (χ1n) is 6.10. The van der Waals surface area contributed by atoms with Crippen LogP contribution in [0.2, 0.25) is 0 Å². The smallest absolute Gasteiger partial charge is 0.115 e. The highest BCUT2D eigenvalue weighted by Gasteiger charge is 1.97. The van der Waals surface area contributed by atoms with Crippen LogP contribution in [0.15, 0.2) is 29.2 Å².